The van der Waals surface area contributed by atoms with Gasteiger partial charge in [-0.05, 0) is 46.8 Å². The Morgan fingerprint density at radius 2 is 1.97 bits per heavy atom. The average Bonchev–Trinajstić information content (AvgIpc) is 3.18. The summed E-state index contributed by atoms with van der Waals surface area (Å²) in [6.07, 6.45) is -0.716. The predicted octanol–water partition coefficient (Wildman–Crippen LogP) is 2.36. The van der Waals surface area contributed by atoms with Crippen LogP contribution in [0.4, 0.5) is 10.5 Å². The van der Waals surface area contributed by atoms with Gasteiger partial charge in [0.05, 0.1) is 30.4 Å². The number of aromatic nitrogens is 1. The van der Waals surface area contributed by atoms with Gasteiger partial charge in [-0.3, -0.25) is 4.79 Å². The first-order valence-corrected chi connectivity index (χ1v) is 13.9. The lowest BCUT2D eigenvalue weighted by atomic mass is 9.99. The molecule has 0 bridgehead atoms. The number of ether oxygens (including phenoxy) is 1. The number of anilines is 1. The van der Waals surface area contributed by atoms with E-state index in [0.29, 0.717) is 0 Å². The van der Waals surface area contributed by atoms with Crippen molar-refractivity contribution in [3.63, 3.8) is 0 Å². The number of nitrogens with one attached hydrogen (secondary N) is 2. The van der Waals surface area contributed by atoms with Crippen LogP contribution in [0.25, 0.3) is 0 Å². The van der Waals surface area contributed by atoms with E-state index in [1.54, 1.807) is 36.9 Å². The van der Waals surface area contributed by atoms with Crippen LogP contribution in [-0.4, -0.2) is 84.8 Å². The van der Waals surface area contributed by atoms with E-state index >= 15 is 0 Å². The molecule has 1 aliphatic heterocycles. The summed E-state index contributed by atoms with van der Waals surface area (Å²) in [6.45, 7) is 10.2. The van der Waals surface area contributed by atoms with Crippen LogP contribution in [0.1, 0.15) is 49.5 Å². The van der Waals surface area contributed by atoms with Crippen molar-refractivity contribution in [2.24, 2.45) is 5.92 Å². The zero-order valence-electron chi connectivity index (χ0n) is 22.8. The Balaban J connectivity index is 2.04. The highest BCUT2D eigenvalue weighted by Crippen LogP contribution is 2.35. The van der Waals surface area contributed by atoms with Crippen LogP contribution in [-0.2, 0) is 10.0 Å². The molecule has 0 radical (unpaired) electrons. The van der Waals surface area contributed by atoms with E-state index in [2.05, 4.69) is 15.8 Å². The molecule has 3 N–H and O–H groups in total. The molecule has 210 valence electrons. The minimum atomic E-state index is -3.97. The zero-order chi connectivity index (χ0) is 28.4. The number of urea groups is 1. The van der Waals surface area contributed by atoms with Crippen LogP contribution >= 0.6 is 0 Å². The van der Waals surface area contributed by atoms with Gasteiger partial charge in [0.15, 0.2) is 11.5 Å². The molecule has 3 rings (SSSR count). The number of likely N-dealkylation sites (N-methyl/N-ethyl adjacent to an activating group) is 1. The fraction of sp³-hybridized carbons (Fsp3) is 0.560. The predicted molar refractivity (Wildman–Crippen MR) is 141 cm³/mol. The number of para-hydroxylation sites is 1. The largest absolute Gasteiger partial charge is 0.486 e. The maximum absolute atomic E-state index is 13.6. The molecule has 0 saturated carbocycles. The molecular formula is C25H37N5O7S. The lowest BCUT2D eigenvalue weighted by Gasteiger charge is -2.38. The number of fused-ring (bicyclic) bond motifs is 1. The number of carbonyl (C=O) groups is 2. The number of hydrogen-bond donors (Lipinski definition) is 3. The zero-order valence-corrected chi connectivity index (χ0v) is 23.6. The van der Waals surface area contributed by atoms with Gasteiger partial charge in [-0.1, -0.05) is 18.1 Å². The molecule has 12 nitrogen and oxygen atoms in total. The summed E-state index contributed by atoms with van der Waals surface area (Å²) >= 11 is 0. The molecule has 2 heterocycles. The molecule has 3 amide bonds. The molecule has 0 aliphatic carbocycles. The highest BCUT2D eigenvalue weighted by Gasteiger charge is 2.37. The first-order chi connectivity index (χ1) is 17.8. The van der Waals surface area contributed by atoms with Gasteiger partial charge in [-0.25, -0.2) is 13.2 Å². The van der Waals surface area contributed by atoms with E-state index < -0.39 is 28.2 Å². The van der Waals surface area contributed by atoms with Crippen molar-refractivity contribution in [3.05, 3.63) is 35.2 Å². The maximum atomic E-state index is 13.6. The third-order valence-electron chi connectivity index (χ3n) is 6.43. The van der Waals surface area contributed by atoms with Gasteiger partial charge < -0.3 is 29.9 Å². The fourth-order valence-corrected chi connectivity index (χ4v) is 5.80. The van der Waals surface area contributed by atoms with Gasteiger partial charge >= 0.3 is 6.03 Å². The van der Waals surface area contributed by atoms with E-state index in [0.717, 1.165) is 0 Å². The summed E-state index contributed by atoms with van der Waals surface area (Å²) in [6, 6.07) is 3.72. The normalized spacial score (nSPS) is 19.0. The molecular weight excluding hydrogens is 514 g/mol. The van der Waals surface area contributed by atoms with Crippen molar-refractivity contribution in [2.75, 3.05) is 32.1 Å². The quantitative estimate of drug-likeness (QED) is 0.452. The number of aliphatic hydroxyl groups excluding tert-OH is 1. The minimum Gasteiger partial charge on any atom is -0.486 e. The molecule has 1 aromatic heterocycles. The number of rotatable bonds is 8. The SMILES string of the molecule is Cc1noc(C)c1S(=O)(=O)N(C)C[C@H]1Oc2c(NC(=O)NC(C)C)cccc2C(=O)N([C@H](C)CO)C[C@@H]1C. The monoisotopic (exact) mass is 551 g/mol. The summed E-state index contributed by atoms with van der Waals surface area (Å²) in [7, 11) is -2.53. The second kappa shape index (κ2) is 11.7. The summed E-state index contributed by atoms with van der Waals surface area (Å²) < 4.78 is 39.4. The summed E-state index contributed by atoms with van der Waals surface area (Å²) in [5.41, 5.74) is 0.712. The van der Waals surface area contributed by atoms with E-state index in [9.17, 15) is 23.1 Å². The highest BCUT2D eigenvalue weighted by atomic mass is 32.2. The van der Waals surface area contributed by atoms with E-state index in [1.165, 1.54) is 18.3 Å². The molecule has 13 heteroatoms. The van der Waals surface area contributed by atoms with Crippen LogP contribution in [0.5, 0.6) is 5.75 Å². The Kier molecular flexibility index (Phi) is 9.05. The number of aryl methyl sites for hydroxylation is 2. The summed E-state index contributed by atoms with van der Waals surface area (Å²) in [5, 5.41) is 19.1. The number of nitrogens with zero attached hydrogens (tertiary/aromatic N) is 3. The minimum absolute atomic E-state index is 0.00248. The van der Waals surface area contributed by atoms with Gasteiger partial charge in [-0.15, -0.1) is 0 Å². The fourth-order valence-electron chi connectivity index (χ4n) is 4.33. The number of aliphatic hydroxyl groups is 1. The second-order valence-electron chi connectivity index (χ2n) is 10.00. The van der Waals surface area contributed by atoms with Crippen molar-refractivity contribution in [2.45, 2.75) is 64.6 Å². The topological polar surface area (TPSA) is 154 Å². The number of benzene rings is 1. The third-order valence-corrected chi connectivity index (χ3v) is 8.50. The van der Waals surface area contributed by atoms with E-state index in [-0.39, 0.29) is 70.9 Å². The van der Waals surface area contributed by atoms with E-state index in [1.807, 2.05) is 20.8 Å². The number of carbonyl (C=O) groups excluding carboxylic acids is 2. The lowest BCUT2D eigenvalue weighted by Crippen LogP contribution is -2.50. The van der Waals surface area contributed by atoms with Crippen LogP contribution in [0, 0.1) is 19.8 Å². The number of amides is 3. The molecule has 0 fully saturated rings. The molecule has 0 saturated heterocycles. The molecule has 0 unspecified atom stereocenters. The Hall–Kier alpha value is -3.16. The maximum Gasteiger partial charge on any atom is 0.319 e. The smallest absolute Gasteiger partial charge is 0.319 e. The van der Waals surface area contributed by atoms with Crippen molar-refractivity contribution < 1.29 is 32.4 Å². The first-order valence-electron chi connectivity index (χ1n) is 12.5. The summed E-state index contributed by atoms with van der Waals surface area (Å²) in [4.78, 5) is 27.6. The molecule has 3 atom stereocenters. The second-order valence-corrected chi connectivity index (χ2v) is 12.0. The van der Waals surface area contributed by atoms with Crippen LogP contribution in [0.3, 0.4) is 0 Å². The Labute approximate surface area is 223 Å². The Morgan fingerprint density at radius 3 is 2.55 bits per heavy atom. The molecule has 1 aliphatic rings. The van der Waals surface area contributed by atoms with Crippen LogP contribution in [0.2, 0.25) is 0 Å². The highest BCUT2D eigenvalue weighted by molar-refractivity contribution is 7.89. The summed E-state index contributed by atoms with van der Waals surface area (Å²) in [5.74, 6) is -0.397. The first kappa shape index (κ1) is 29.4. The van der Waals surface area contributed by atoms with Gasteiger partial charge in [0.1, 0.15) is 16.7 Å². The number of hydrogen-bond acceptors (Lipinski definition) is 8. The average molecular weight is 552 g/mol. The van der Waals surface area contributed by atoms with Gasteiger partial charge in [0.2, 0.25) is 10.0 Å². The van der Waals surface area contributed by atoms with E-state index in [4.69, 9.17) is 9.26 Å². The van der Waals surface area contributed by atoms with Gasteiger partial charge in [-0.2, -0.15) is 4.31 Å². The molecule has 0 spiro atoms. The molecule has 2 aromatic rings. The van der Waals surface area contributed by atoms with Gasteiger partial charge in [0.25, 0.3) is 5.91 Å². The van der Waals surface area contributed by atoms with Crippen molar-refractivity contribution in [1.29, 1.82) is 0 Å². The Bertz CT molecular complexity index is 1260. The molecule has 38 heavy (non-hydrogen) atoms. The van der Waals surface area contributed by atoms with Gasteiger partial charge in [0, 0.05) is 25.6 Å². The number of sulfonamides is 1. The lowest BCUT2D eigenvalue weighted by molar-refractivity contribution is 0.0389. The van der Waals surface area contributed by atoms with Crippen LogP contribution < -0.4 is 15.4 Å². The van der Waals surface area contributed by atoms with Crippen LogP contribution in [0.15, 0.2) is 27.6 Å². The van der Waals surface area contributed by atoms with Crippen molar-refractivity contribution in [1.82, 2.24) is 19.7 Å². The molecule has 1 aromatic carbocycles. The van der Waals surface area contributed by atoms with Crippen molar-refractivity contribution in [3.8, 4) is 5.75 Å². The standard InChI is InChI=1S/C25H37N5O7S/c1-14(2)26-25(33)27-20-10-8-9-19-22(20)36-21(15(3)11-30(24(19)32)16(4)13-31)12-29(7)38(34,35)23-17(5)28-37-18(23)6/h8-10,14-16,21,31H,11-13H2,1-7H3,(H2,26,27,33)/t15-,16+,21+/m0/s1. The Morgan fingerprint density at radius 1 is 1.29 bits per heavy atom. The van der Waals surface area contributed by atoms with Crippen molar-refractivity contribution >= 4 is 27.6 Å². The third kappa shape index (κ3) is 6.11.